The van der Waals surface area contributed by atoms with Crippen molar-refractivity contribution in [3.63, 3.8) is 0 Å². The minimum absolute atomic E-state index is 0.0678. The van der Waals surface area contributed by atoms with Crippen LogP contribution in [0.1, 0.15) is 33.6 Å². The molecule has 1 unspecified atom stereocenters. The van der Waals surface area contributed by atoms with Gasteiger partial charge in [-0.05, 0) is 27.2 Å². The van der Waals surface area contributed by atoms with Gasteiger partial charge in [-0.15, -0.1) is 0 Å². The van der Waals surface area contributed by atoms with Gasteiger partial charge in [-0.25, -0.2) is 4.79 Å². The van der Waals surface area contributed by atoms with Crippen LogP contribution in [0, 0.1) is 11.3 Å². The zero-order valence-corrected chi connectivity index (χ0v) is 10.8. The highest BCUT2D eigenvalue weighted by atomic mass is 16.6. The molecule has 1 saturated heterocycles. The van der Waals surface area contributed by atoms with Crippen molar-refractivity contribution >= 4 is 6.09 Å². The Bertz CT molecular complexity index is 304. The first kappa shape index (κ1) is 13.8. The van der Waals surface area contributed by atoms with E-state index in [2.05, 4.69) is 11.4 Å². The third-order valence-electron chi connectivity index (χ3n) is 2.57. The van der Waals surface area contributed by atoms with Crippen molar-refractivity contribution in [3.05, 3.63) is 0 Å². The van der Waals surface area contributed by atoms with E-state index in [4.69, 9.17) is 10.00 Å². The second-order valence-electron chi connectivity index (χ2n) is 5.23. The molecule has 96 valence electrons. The number of hydrogen-bond donors (Lipinski definition) is 1. The molecule has 1 atom stereocenters. The molecule has 0 aromatic heterocycles. The largest absolute Gasteiger partial charge is 0.444 e. The summed E-state index contributed by atoms with van der Waals surface area (Å²) in [7, 11) is 0. The van der Waals surface area contributed by atoms with Crippen molar-refractivity contribution in [2.24, 2.45) is 0 Å². The van der Waals surface area contributed by atoms with Crippen LogP contribution in [0.3, 0.4) is 0 Å². The van der Waals surface area contributed by atoms with E-state index in [0.717, 1.165) is 13.1 Å². The van der Waals surface area contributed by atoms with E-state index in [9.17, 15) is 4.79 Å². The standard InChI is InChI=1S/C12H21N3O2/c1-12(2,3)17-11(16)15-8-7-14-9-10(15)5-4-6-13/h10,14H,4-5,7-9H2,1-3H3. The van der Waals surface area contributed by atoms with E-state index >= 15 is 0 Å². The van der Waals surface area contributed by atoms with Crippen molar-refractivity contribution in [2.45, 2.75) is 45.3 Å². The molecule has 1 aliphatic heterocycles. The molecular weight excluding hydrogens is 218 g/mol. The predicted molar refractivity (Wildman–Crippen MR) is 64.4 cm³/mol. The lowest BCUT2D eigenvalue weighted by atomic mass is 10.1. The van der Waals surface area contributed by atoms with Crippen LogP contribution in [-0.4, -0.2) is 42.3 Å². The molecule has 1 amide bonds. The van der Waals surface area contributed by atoms with Crippen LogP contribution in [0.25, 0.3) is 0 Å². The molecule has 0 aliphatic carbocycles. The predicted octanol–water partition coefficient (Wildman–Crippen LogP) is 1.50. The molecule has 1 N–H and O–H groups in total. The van der Waals surface area contributed by atoms with Crippen LogP contribution in [0.5, 0.6) is 0 Å². The maximum Gasteiger partial charge on any atom is 0.410 e. The molecule has 1 heterocycles. The SMILES string of the molecule is CC(C)(C)OC(=O)N1CCNCC1CCC#N. The summed E-state index contributed by atoms with van der Waals surface area (Å²) in [5, 5.41) is 11.8. The molecule has 0 radical (unpaired) electrons. The highest BCUT2D eigenvalue weighted by molar-refractivity contribution is 5.68. The summed E-state index contributed by atoms with van der Waals surface area (Å²) in [6, 6.07) is 2.18. The summed E-state index contributed by atoms with van der Waals surface area (Å²) < 4.78 is 5.36. The number of carbonyl (C=O) groups is 1. The van der Waals surface area contributed by atoms with Crippen LogP contribution in [0.2, 0.25) is 0 Å². The lowest BCUT2D eigenvalue weighted by Crippen LogP contribution is -2.54. The Morgan fingerprint density at radius 1 is 1.59 bits per heavy atom. The Labute approximate surface area is 103 Å². The Kier molecular flexibility index (Phi) is 4.76. The summed E-state index contributed by atoms with van der Waals surface area (Å²) in [5.41, 5.74) is -0.470. The third-order valence-corrected chi connectivity index (χ3v) is 2.57. The van der Waals surface area contributed by atoms with Gasteiger partial charge in [-0.3, -0.25) is 0 Å². The van der Waals surface area contributed by atoms with Gasteiger partial charge in [0.05, 0.1) is 6.07 Å². The number of amides is 1. The summed E-state index contributed by atoms with van der Waals surface area (Å²) >= 11 is 0. The Balaban J connectivity index is 2.58. The first-order chi connectivity index (χ1) is 7.94. The van der Waals surface area contributed by atoms with Crippen molar-refractivity contribution in [3.8, 4) is 6.07 Å². The Hall–Kier alpha value is -1.28. The number of nitrogens with zero attached hydrogens (tertiary/aromatic N) is 2. The molecular formula is C12H21N3O2. The number of ether oxygens (including phenoxy) is 1. The fraction of sp³-hybridized carbons (Fsp3) is 0.833. The summed E-state index contributed by atoms with van der Waals surface area (Å²) in [4.78, 5) is 13.7. The van der Waals surface area contributed by atoms with Gasteiger partial charge in [-0.1, -0.05) is 0 Å². The normalized spacial score (nSPS) is 20.8. The van der Waals surface area contributed by atoms with Gasteiger partial charge in [-0.2, -0.15) is 5.26 Å². The number of rotatable bonds is 2. The fourth-order valence-corrected chi connectivity index (χ4v) is 1.81. The Morgan fingerprint density at radius 3 is 2.88 bits per heavy atom. The van der Waals surface area contributed by atoms with E-state index in [1.54, 1.807) is 4.90 Å². The zero-order chi connectivity index (χ0) is 12.9. The third kappa shape index (κ3) is 4.61. The first-order valence-corrected chi connectivity index (χ1v) is 6.01. The van der Waals surface area contributed by atoms with Crippen molar-refractivity contribution < 1.29 is 9.53 Å². The van der Waals surface area contributed by atoms with Crippen LogP contribution >= 0.6 is 0 Å². The van der Waals surface area contributed by atoms with Crippen molar-refractivity contribution in [1.29, 1.82) is 5.26 Å². The highest BCUT2D eigenvalue weighted by Gasteiger charge is 2.29. The first-order valence-electron chi connectivity index (χ1n) is 6.01. The quantitative estimate of drug-likeness (QED) is 0.793. The molecule has 0 bridgehead atoms. The van der Waals surface area contributed by atoms with Crippen LogP contribution in [0.15, 0.2) is 0 Å². The number of nitrogens with one attached hydrogen (secondary N) is 1. The molecule has 5 nitrogen and oxygen atoms in total. The molecule has 0 spiro atoms. The smallest absolute Gasteiger partial charge is 0.410 e. The fourth-order valence-electron chi connectivity index (χ4n) is 1.81. The monoisotopic (exact) mass is 239 g/mol. The van der Waals surface area contributed by atoms with Crippen molar-refractivity contribution in [2.75, 3.05) is 19.6 Å². The molecule has 0 aromatic carbocycles. The lowest BCUT2D eigenvalue weighted by Gasteiger charge is -2.36. The molecule has 5 heteroatoms. The number of hydrogen-bond acceptors (Lipinski definition) is 4. The van der Waals surface area contributed by atoms with Crippen molar-refractivity contribution in [1.82, 2.24) is 10.2 Å². The molecule has 1 aliphatic rings. The topological polar surface area (TPSA) is 65.4 Å². The maximum absolute atomic E-state index is 12.0. The van der Waals surface area contributed by atoms with Gasteiger partial charge in [0, 0.05) is 32.1 Å². The van der Waals surface area contributed by atoms with Gasteiger partial charge >= 0.3 is 6.09 Å². The lowest BCUT2D eigenvalue weighted by molar-refractivity contribution is 0.0113. The number of piperazine rings is 1. The van der Waals surface area contributed by atoms with E-state index in [1.165, 1.54) is 0 Å². The van der Waals surface area contributed by atoms with Gasteiger partial charge in [0.25, 0.3) is 0 Å². The summed E-state index contributed by atoms with van der Waals surface area (Å²) in [5.74, 6) is 0. The molecule has 0 saturated carbocycles. The molecule has 17 heavy (non-hydrogen) atoms. The summed E-state index contributed by atoms with van der Waals surface area (Å²) in [6.45, 7) is 7.74. The minimum Gasteiger partial charge on any atom is -0.444 e. The van der Waals surface area contributed by atoms with E-state index in [-0.39, 0.29) is 12.1 Å². The molecule has 1 rings (SSSR count). The summed E-state index contributed by atoms with van der Waals surface area (Å²) in [6.07, 6.45) is 0.885. The van der Waals surface area contributed by atoms with Crippen LogP contribution in [0.4, 0.5) is 4.79 Å². The average Bonchev–Trinajstić information content (AvgIpc) is 2.24. The van der Waals surface area contributed by atoms with E-state index < -0.39 is 5.60 Å². The second-order valence-corrected chi connectivity index (χ2v) is 5.23. The van der Waals surface area contributed by atoms with Gasteiger partial charge in [0.2, 0.25) is 0 Å². The van der Waals surface area contributed by atoms with Crippen LogP contribution in [-0.2, 0) is 4.74 Å². The second kappa shape index (κ2) is 5.87. The number of nitriles is 1. The molecule has 1 fully saturated rings. The van der Waals surface area contributed by atoms with E-state index in [1.807, 2.05) is 20.8 Å². The number of carbonyl (C=O) groups excluding carboxylic acids is 1. The van der Waals surface area contributed by atoms with Gasteiger partial charge in [0.15, 0.2) is 0 Å². The minimum atomic E-state index is -0.470. The maximum atomic E-state index is 12.0. The average molecular weight is 239 g/mol. The highest BCUT2D eigenvalue weighted by Crippen LogP contribution is 2.15. The van der Waals surface area contributed by atoms with Gasteiger partial charge in [0.1, 0.15) is 5.60 Å². The van der Waals surface area contributed by atoms with Gasteiger partial charge < -0.3 is 15.0 Å². The van der Waals surface area contributed by atoms with E-state index in [0.29, 0.717) is 19.4 Å². The van der Waals surface area contributed by atoms with Crippen LogP contribution < -0.4 is 5.32 Å². The molecule has 0 aromatic rings. The zero-order valence-electron chi connectivity index (χ0n) is 10.8. The Morgan fingerprint density at radius 2 is 2.29 bits per heavy atom.